The van der Waals surface area contributed by atoms with Crippen molar-refractivity contribution in [3.05, 3.63) is 0 Å². The van der Waals surface area contributed by atoms with Gasteiger partial charge in [-0.05, 0) is 58.0 Å². The average Bonchev–Trinajstić information content (AvgIpc) is 2.88. The molecule has 3 rings (SSSR count). The van der Waals surface area contributed by atoms with Crippen molar-refractivity contribution < 1.29 is 9.53 Å². The molecule has 2 unspecified atom stereocenters. The second-order valence-electron chi connectivity index (χ2n) is 6.13. The molecular weight excluding hydrogens is 228 g/mol. The molecule has 2 atom stereocenters. The first-order valence-electron chi connectivity index (χ1n) is 7.34. The zero-order chi connectivity index (χ0) is 12.6. The van der Waals surface area contributed by atoms with Crippen LogP contribution < -0.4 is 5.32 Å². The predicted octanol–water partition coefficient (Wildman–Crippen LogP) is 1.30. The van der Waals surface area contributed by atoms with Crippen LogP contribution in [0.2, 0.25) is 0 Å². The Kier molecular flexibility index (Phi) is 3.32. The van der Waals surface area contributed by atoms with E-state index in [-0.39, 0.29) is 11.5 Å². The number of carbonyl (C=O) groups is 1. The van der Waals surface area contributed by atoms with Crippen LogP contribution in [0.25, 0.3) is 0 Å². The summed E-state index contributed by atoms with van der Waals surface area (Å²) >= 11 is 0. The van der Waals surface area contributed by atoms with E-state index < -0.39 is 0 Å². The van der Waals surface area contributed by atoms with Crippen molar-refractivity contribution in [2.75, 3.05) is 20.2 Å². The smallest absolute Gasteiger partial charge is 0.326 e. The molecule has 0 bridgehead atoms. The lowest BCUT2D eigenvalue weighted by Gasteiger charge is -2.30. The summed E-state index contributed by atoms with van der Waals surface area (Å²) in [6.45, 7) is 2.43. The summed E-state index contributed by atoms with van der Waals surface area (Å²) in [6, 6.07) is 1.14. The topological polar surface area (TPSA) is 41.6 Å². The quantitative estimate of drug-likeness (QED) is 0.766. The Morgan fingerprint density at radius 3 is 2.61 bits per heavy atom. The molecule has 1 heterocycles. The second-order valence-corrected chi connectivity index (χ2v) is 6.13. The van der Waals surface area contributed by atoms with Crippen molar-refractivity contribution in [2.24, 2.45) is 0 Å². The van der Waals surface area contributed by atoms with Gasteiger partial charge in [-0.1, -0.05) is 0 Å². The molecule has 1 saturated heterocycles. The number of esters is 1. The first-order valence-corrected chi connectivity index (χ1v) is 7.34. The highest BCUT2D eigenvalue weighted by Crippen LogP contribution is 2.38. The minimum Gasteiger partial charge on any atom is -0.468 e. The van der Waals surface area contributed by atoms with Gasteiger partial charge in [0.1, 0.15) is 5.54 Å². The summed E-state index contributed by atoms with van der Waals surface area (Å²) in [5, 5.41) is 3.57. The number of nitrogens with zero attached hydrogens (tertiary/aromatic N) is 1. The molecule has 4 nitrogen and oxygen atoms in total. The largest absolute Gasteiger partial charge is 0.468 e. The molecule has 1 aliphatic heterocycles. The van der Waals surface area contributed by atoms with E-state index in [0.29, 0.717) is 12.1 Å². The van der Waals surface area contributed by atoms with Gasteiger partial charge in [0, 0.05) is 12.1 Å². The lowest BCUT2D eigenvalue weighted by molar-refractivity contribution is -0.148. The van der Waals surface area contributed by atoms with Crippen LogP contribution in [0, 0.1) is 0 Å². The van der Waals surface area contributed by atoms with Crippen molar-refractivity contribution in [3.63, 3.8) is 0 Å². The number of likely N-dealkylation sites (tertiary alicyclic amines) is 1. The van der Waals surface area contributed by atoms with Crippen LogP contribution in [-0.2, 0) is 9.53 Å². The number of methoxy groups -OCH3 is 1. The van der Waals surface area contributed by atoms with Gasteiger partial charge in [-0.15, -0.1) is 0 Å². The average molecular weight is 252 g/mol. The van der Waals surface area contributed by atoms with Crippen LogP contribution >= 0.6 is 0 Å². The lowest BCUT2D eigenvalue weighted by Crippen LogP contribution is -2.52. The van der Waals surface area contributed by atoms with Gasteiger partial charge in [-0.3, -0.25) is 10.1 Å². The summed E-state index contributed by atoms with van der Waals surface area (Å²) in [5.41, 5.74) is -0.386. The summed E-state index contributed by atoms with van der Waals surface area (Å²) in [6.07, 6.45) is 8.08. The first kappa shape index (κ1) is 12.4. The molecule has 18 heavy (non-hydrogen) atoms. The summed E-state index contributed by atoms with van der Waals surface area (Å²) < 4.78 is 5.06. The maximum absolute atomic E-state index is 12.2. The Morgan fingerprint density at radius 2 is 2.00 bits per heavy atom. The van der Waals surface area contributed by atoms with Crippen LogP contribution in [0.5, 0.6) is 0 Å². The lowest BCUT2D eigenvalue weighted by atomic mass is 9.97. The normalized spacial score (nSPS) is 37.1. The maximum atomic E-state index is 12.2. The third-order valence-electron chi connectivity index (χ3n) is 4.78. The van der Waals surface area contributed by atoms with Crippen molar-refractivity contribution in [1.82, 2.24) is 10.2 Å². The van der Waals surface area contributed by atoms with E-state index in [1.807, 2.05) is 0 Å². The van der Waals surface area contributed by atoms with Crippen LogP contribution in [0.3, 0.4) is 0 Å². The third kappa shape index (κ3) is 2.28. The number of rotatable bonds is 4. The van der Waals surface area contributed by atoms with Gasteiger partial charge in [0.25, 0.3) is 0 Å². The molecule has 3 fully saturated rings. The van der Waals surface area contributed by atoms with Gasteiger partial charge in [0.05, 0.1) is 7.11 Å². The summed E-state index contributed by atoms with van der Waals surface area (Å²) in [5.74, 6) is -0.0453. The Balaban J connectivity index is 1.68. The molecule has 0 amide bonds. The molecule has 0 aromatic rings. The molecule has 2 aliphatic carbocycles. The molecule has 0 spiro atoms. The number of nitrogens with one attached hydrogen (secondary N) is 1. The van der Waals surface area contributed by atoms with Crippen LogP contribution in [0.4, 0.5) is 0 Å². The number of carbonyl (C=O) groups excluding carboxylic acids is 1. The molecule has 4 heteroatoms. The molecule has 0 aromatic carbocycles. The van der Waals surface area contributed by atoms with Crippen LogP contribution in [0.15, 0.2) is 0 Å². The standard InChI is InChI=1S/C14H24N2O2/c1-18-13(17)14(15-11-4-5-11)7-6-12(10-14)16-8-2-3-9-16/h11-12,15H,2-10H2,1H3. The van der Waals surface area contributed by atoms with E-state index in [0.717, 1.165) is 19.3 Å². The van der Waals surface area contributed by atoms with Gasteiger partial charge in [0.15, 0.2) is 0 Å². The van der Waals surface area contributed by atoms with Gasteiger partial charge < -0.3 is 9.64 Å². The van der Waals surface area contributed by atoms with Crippen LogP contribution in [0.1, 0.15) is 44.9 Å². The van der Waals surface area contributed by atoms with E-state index in [9.17, 15) is 4.79 Å². The Bertz CT molecular complexity index is 324. The van der Waals surface area contributed by atoms with E-state index in [1.54, 1.807) is 0 Å². The molecular formula is C14H24N2O2. The molecule has 1 N–H and O–H groups in total. The zero-order valence-corrected chi connectivity index (χ0v) is 11.3. The molecule has 0 radical (unpaired) electrons. The summed E-state index contributed by atoms with van der Waals surface area (Å²) in [7, 11) is 1.52. The summed E-state index contributed by atoms with van der Waals surface area (Å²) in [4.78, 5) is 14.7. The predicted molar refractivity (Wildman–Crippen MR) is 69.4 cm³/mol. The monoisotopic (exact) mass is 252 g/mol. The fraction of sp³-hybridized carbons (Fsp3) is 0.929. The van der Waals surface area contributed by atoms with Crippen molar-refractivity contribution in [3.8, 4) is 0 Å². The van der Waals surface area contributed by atoms with Gasteiger partial charge >= 0.3 is 5.97 Å². The minimum absolute atomic E-state index is 0.0453. The first-order chi connectivity index (χ1) is 8.73. The Morgan fingerprint density at radius 1 is 1.28 bits per heavy atom. The number of hydrogen-bond donors (Lipinski definition) is 1. The molecule has 3 aliphatic rings. The van der Waals surface area contributed by atoms with E-state index in [4.69, 9.17) is 4.74 Å². The fourth-order valence-corrected chi connectivity index (χ4v) is 3.63. The van der Waals surface area contributed by atoms with Crippen LogP contribution in [-0.4, -0.2) is 48.7 Å². The van der Waals surface area contributed by atoms with Gasteiger partial charge in [-0.25, -0.2) is 0 Å². The SMILES string of the molecule is COC(=O)C1(NC2CC2)CCC(N2CCCC2)C1. The highest BCUT2D eigenvalue weighted by molar-refractivity contribution is 5.81. The van der Waals surface area contributed by atoms with E-state index in [1.165, 1.54) is 45.9 Å². The minimum atomic E-state index is -0.386. The number of ether oxygens (including phenoxy) is 1. The second kappa shape index (κ2) is 4.82. The molecule has 0 aromatic heterocycles. The van der Waals surface area contributed by atoms with Gasteiger partial charge in [0.2, 0.25) is 0 Å². The van der Waals surface area contributed by atoms with Gasteiger partial charge in [-0.2, -0.15) is 0 Å². The Labute approximate surface area is 109 Å². The molecule has 2 saturated carbocycles. The molecule has 102 valence electrons. The van der Waals surface area contributed by atoms with E-state index in [2.05, 4.69) is 10.2 Å². The number of hydrogen-bond acceptors (Lipinski definition) is 4. The Hall–Kier alpha value is -0.610. The third-order valence-corrected chi connectivity index (χ3v) is 4.78. The maximum Gasteiger partial charge on any atom is 0.326 e. The zero-order valence-electron chi connectivity index (χ0n) is 11.3. The van der Waals surface area contributed by atoms with Crippen molar-refractivity contribution in [1.29, 1.82) is 0 Å². The highest BCUT2D eigenvalue weighted by Gasteiger charge is 2.50. The van der Waals surface area contributed by atoms with E-state index >= 15 is 0 Å². The van der Waals surface area contributed by atoms with Crippen molar-refractivity contribution >= 4 is 5.97 Å². The highest BCUT2D eigenvalue weighted by atomic mass is 16.5. The van der Waals surface area contributed by atoms with Crippen molar-refractivity contribution in [2.45, 2.75) is 62.6 Å². The fourth-order valence-electron chi connectivity index (χ4n) is 3.63.